The highest BCUT2D eigenvalue weighted by atomic mass is 16.6. The lowest BCUT2D eigenvalue weighted by atomic mass is 10.2. The van der Waals surface area contributed by atoms with E-state index in [1.807, 2.05) is 30.3 Å². The zero-order chi connectivity index (χ0) is 12.4. The fourth-order valence-corrected chi connectivity index (χ4v) is 1.97. The van der Waals surface area contributed by atoms with Crippen molar-refractivity contribution in [3.8, 4) is 0 Å². The average molecular weight is 241 g/mol. The van der Waals surface area contributed by atoms with Crippen LogP contribution >= 0.6 is 0 Å². The van der Waals surface area contributed by atoms with Crippen LogP contribution in [0.4, 0.5) is 10.5 Å². The number of ether oxygens (including phenoxy) is 1. The molecule has 0 aliphatic carbocycles. The van der Waals surface area contributed by atoms with Crippen LogP contribution < -0.4 is 4.90 Å². The van der Waals surface area contributed by atoms with E-state index >= 15 is 0 Å². The molecule has 5 heteroatoms. The van der Waals surface area contributed by atoms with Gasteiger partial charge in [0.15, 0.2) is 5.82 Å². The Bertz CT molecular complexity index is 545. The third-order valence-corrected chi connectivity index (χ3v) is 2.79. The van der Waals surface area contributed by atoms with Gasteiger partial charge in [-0.3, -0.25) is 4.90 Å². The molecule has 1 amide bonds. The van der Waals surface area contributed by atoms with Crippen LogP contribution in [-0.2, 0) is 4.74 Å². The lowest BCUT2D eigenvalue weighted by molar-refractivity contribution is 0.178. The van der Waals surface area contributed by atoms with Crippen LogP contribution in [0.25, 0.3) is 0 Å². The molecule has 1 atom stereocenters. The van der Waals surface area contributed by atoms with Crippen LogP contribution in [-0.4, -0.2) is 22.7 Å². The molecule has 1 aliphatic rings. The quantitative estimate of drug-likeness (QED) is 0.808. The smallest absolute Gasteiger partial charge is 0.415 e. The van der Waals surface area contributed by atoms with Crippen LogP contribution in [0, 0.1) is 0 Å². The third kappa shape index (κ3) is 1.79. The SMILES string of the molecule is O=C1OCC(c2ncccn2)N1c1ccccc1. The second kappa shape index (κ2) is 4.44. The van der Waals surface area contributed by atoms with Crippen molar-refractivity contribution >= 4 is 11.8 Å². The van der Waals surface area contributed by atoms with Gasteiger partial charge in [-0.05, 0) is 18.2 Å². The summed E-state index contributed by atoms with van der Waals surface area (Å²) in [5.74, 6) is 0.590. The van der Waals surface area contributed by atoms with E-state index in [1.54, 1.807) is 23.4 Å². The second-order valence-electron chi connectivity index (χ2n) is 3.91. The fourth-order valence-electron chi connectivity index (χ4n) is 1.97. The van der Waals surface area contributed by atoms with Crippen molar-refractivity contribution < 1.29 is 9.53 Å². The van der Waals surface area contributed by atoms with Gasteiger partial charge in [0.05, 0.1) is 0 Å². The molecule has 1 saturated heterocycles. The average Bonchev–Trinajstić information content (AvgIpc) is 2.83. The molecule has 1 unspecified atom stereocenters. The minimum absolute atomic E-state index is 0.263. The Kier molecular flexibility index (Phi) is 2.64. The van der Waals surface area contributed by atoms with E-state index < -0.39 is 0 Å². The Hall–Kier alpha value is -2.43. The Balaban J connectivity index is 1.98. The Morgan fingerprint density at radius 2 is 1.83 bits per heavy atom. The van der Waals surface area contributed by atoms with E-state index in [1.165, 1.54) is 0 Å². The Morgan fingerprint density at radius 3 is 2.56 bits per heavy atom. The first kappa shape index (κ1) is 10.7. The number of anilines is 1. The van der Waals surface area contributed by atoms with Gasteiger partial charge in [0.25, 0.3) is 0 Å². The van der Waals surface area contributed by atoms with Crippen molar-refractivity contribution in [2.45, 2.75) is 6.04 Å². The van der Waals surface area contributed by atoms with Gasteiger partial charge in [-0.15, -0.1) is 0 Å². The molecule has 18 heavy (non-hydrogen) atoms. The summed E-state index contributed by atoms with van der Waals surface area (Å²) in [6.07, 6.45) is 2.96. The van der Waals surface area contributed by atoms with Gasteiger partial charge in [-0.2, -0.15) is 0 Å². The molecule has 1 aliphatic heterocycles. The van der Waals surface area contributed by atoms with Crippen LogP contribution in [0.5, 0.6) is 0 Å². The first-order valence-electron chi connectivity index (χ1n) is 5.64. The minimum Gasteiger partial charge on any atom is -0.446 e. The van der Waals surface area contributed by atoms with Crippen molar-refractivity contribution in [3.05, 3.63) is 54.6 Å². The molecule has 5 nitrogen and oxygen atoms in total. The predicted molar refractivity (Wildman–Crippen MR) is 65.0 cm³/mol. The largest absolute Gasteiger partial charge is 0.446 e. The highest BCUT2D eigenvalue weighted by Crippen LogP contribution is 2.30. The van der Waals surface area contributed by atoms with Crippen molar-refractivity contribution in [1.82, 2.24) is 9.97 Å². The number of hydrogen-bond donors (Lipinski definition) is 0. The molecule has 2 heterocycles. The first-order chi connectivity index (χ1) is 8.86. The normalized spacial score (nSPS) is 18.8. The van der Waals surface area contributed by atoms with Gasteiger partial charge >= 0.3 is 6.09 Å². The lowest BCUT2D eigenvalue weighted by Crippen LogP contribution is -2.28. The Labute approximate surface area is 104 Å². The first-order valence-corrected chi connectivity index (χ1v) is 5.64. The number of amides is 1. The van der Waals surface area contributed by atoms with Gasteiger partial charge in [-0.25, -0.2) is 14.8 Å². The highest BCUT2D eigenvalue weighted by molar-refractivity contribution is 5.90. The van der Waals surface area contributed by atoms with E-state index in [0.29, 0.717) is 5.82 Å². The summed E-state index contributed by atoms with van der Waals surface area (Å²) in [6.45, 7) is 0.276. The van der Waals surface area contributed by atoms with Gasteiger partial charge in [0.2, 0.25) is 0 Å². The summed E-state index contributed by atoms with van der Waals surface area (Å²) >= 11 is 0. The zero-order valence-corrected chi connectivity index (χ0v) is 9.56. The summed E-state index contributed by atoms with van der Waals surface area (Å²) in [6, 6.07) is 10.9. The van der Waals surface area contributed by atoms with E-state index in [-0.39, 0.29) is 18.7 Å². The number of carbonyl (C=O) groups excluding carboxylic acids is 1. The van der Waals surface area contributed by atoms with Gasteiger partial charge in [0, 0.05) is 18.1 Å². The molecule has 1 fully saturated rings. The molecule has 0 spiro atoms. The fraction of sp³-hybridized carbons (Fsp3) is 0.154. The molecule has 3 rings (SSSR count). The van der Waals surface area contributed by atoms with Crippen LogP contribution in [0.2, 0.25) is 0 Å². The summed E-state index contributed by atoms with van der Waals surface area (Å²) in [5.41, 5.74) is 0.789. The van der Waals surface area contributed by atoms with E-state index in [4.69, 9.17) is 4.74 Å². The molecular formula is C13H11N3O2. The monoisotopic (exact) mass is 241 g/mol. The maximum atomic E-state index is 11.8. The number of hydrogen-bond acceptors (Lipinski definition) is 4. The van der Waals surface area contributed by atoms with E-state index in [2.05, 4.69) is 9.97 Å². The topological polar surface area (TPSA) is 55.3 Å². The van der Waals surface area contributed by atoms with E-state index in [9.17, 15) is 4.79 Å². The molecule has 1 aromatic carbocycles. The number of cyclic esters (lactones) is 1. The van der Waals surface area contributed by atoms with Gasteiger partial charge < -0.3 is 4.74 Å². The summed E-state index contributed by atoms with van der Waals surface area (Å²) in [7, 11) is 0. The van der Waals surface area contributed by atoms with Crippen molar-refractivity contribution in [3.63, 3.8) is 0 Å². The van der Waals surface area contributed by atoms with Gasteiger partial charge in [-0.1, -0.05) is 18.2 Å². The van der Waals surface area contributed by atoms with E-state index in [0.717, 1.165) is 5.69 Å². The maximum absolute atomic E-state index is 11.8. The summed E-state index contributed by atoms with van der Waals surface area (Å²) in [5, 5.41) is 0. The standard InChI is InChI=1S/C13H11N3O2/c17-13-16(10-5-2-1-3-6-10)11(9-18-13)12-14-7-4-8-15-12/h1-8,11H,9H2. The van der Waals surface area contributed by atoms with Crippen molar-refractivity contribution in [2.24, 2.45) is 0 Å². The molecule has 0 saturated carbocycles. The molecule has 90 valence electrons. The lowest BCUT2D eigenvalue weighted by Gasteiger charge is -2.19. The van der Waals surface area contributed by atoms with Crippen LogP contribution in [0.15, 0.2) is 48.8 Å². The maximum Gasteiger partial charge on any atom is 0.415 e. The zero-order valence-electron chi connectivity index (χ0n) is 9.56. The van der Waals surface area contributed by atoms with Crippen LogP contribution in [0.3, 0.4) is 0 Å². The number of rotatable bonds is 2. The number of para-hydroxylation sites is 1. The minimum atomic E-state index is -0.362. The highest BCUT2D eigenvalue weighted by Gasteiger charge is 2.36. The van der Waals surface area contributed by atoms with Crippen molar-refractivity contribution in [2.75, 3.05) is 11.5 Å². The molecule has 0 radical (unpaired) electrons. The number of carbonyl (C=O) groups is 1. The molecule has 0 N–H and O–H groups in total. The third-order valence-electron chi connectivity index (χ3n) is 2.79. The number of aromatic nitrogens is 2. The predicted octanol–water partition coefficient (Wildman–Crippen LogP) is 2.17. The van der Waals surface area contributed by atoms with Crippen LogP contribution in [0.1, 0.15) is 11.9 Å². The number of nitrogens with zero attached hydrogens (tertiary/aromatic N) is 3. The summed E-state index contributed by atoms with van der Waals surface area (Å²) < 4.78 is 5.09. The van der Waals surface area contributed by atoms with Gasteiger partial charge in [0.1, 0.15) is 12.6 Å². The molecule has 0 bridgehead atoms. The molecule has 1 aromatic heterocycles. The Morgan fingerprint density at radius 1 is 1.11 bits per heavy atom. The summed E-state index contributed by atoms with van der Waals surface area (Å²) in [4.78, 5) is 21.8. The van der Waals surface area contributed by atoms with Crippen molar-refractivity contribution in [1.29, 1.82) is 0 Å². The molecule has 2 aromatic rings. The second-order valence-corrected chi connectivity index (χ2v) is 3.91. The number of benzene rings is 1. The molecular weight excluding hydrogens is 230 g/mol.